The Morgan fingerprint density at radius 2 is 1.58 bits per heavy atom. The highest BCUT2D eigenvalue weighted by Crippen LogP contribution is 2.23. The van der Waals surface area contributed by atoms with E-state index in [9.17, 15) is 4.79 Å². The molecular formula is C23H23NOS. The van der Waals surface area contributed by atoms with Crippen molar-refractivity contribution in [2.45, 2.75) is 31.0 Å². The molecule has 0 fully saturated rings. The SMILES string of the molecule is Cc1ccc(SCc2ccc(C(=O)NCc3cccc(C)c3)cc2)cc1. The van der Waals surface area contributed by atoms with E-state index in [1.54, 1.807) is 11.8 Å². The van der Waals surface area contributed by atoms with Crippen LogP contribution in [0.15, 0.2) is 77.7 Å². The molecule has 0 aromatic heterocycles. The van der Waals surface area contributed by atoms with Crippen molar-refractivity contribution in [1.29, 1.82) is 0 Å². The van der Waals surface area contributed by atoms with Gasteiger partial charge in [-0.05, 0) is 49.2 Å². The average molecular weight is 362 g/mol. The number of aryl methyl sites for hydroxylation is 2. The molecule has 0 spiro atoms. The van der Waals surface area contributed by atoms with E-state index in [0.717, 1.165) is 11.3 Å². The summed E-state index contributed by atoms with van der Waals surface area (Å²) in [7, 11) is 0. The number of thioether (sulfide) groups is 1. The molecule has 0 unspecified atom stereocenters. The Labute approximate surface area is 159 Å². The van der Waals surface area contributed by atoms with Gasteiger partial charge in [0.25, 0.3) is 5.91 Å². The highest BCUT2D eigenvalue weighted by molar-refractivity contribution is 7.98. The topological polar surface area (TPSA) is 29.1 Å². The van der Waals surface area contributed by atoms with Gasteiger partial charge in [0, 0.05) is 22.8 Å². The van der Waals surface area contributed by atoms with Crippen LogP contribution >= 0.6 is 11.8 Å². The summed E-state index contributed by atoms with van der Waals surface area (Å²) in [5.41, 5.74) is 5.50. The molecule has 0 heterocycles. The Morgan fingerprint density at radius 3 is 2.27 bits per heavy atom. The van der Waals surface area contributed by atoms with Gasteiger partial charge in [-0.15, -0.1) is 11.8 Å². The number of carbonyl (C=O) groups is 1. The first-order valence-corrected chi connectivity index (χ1v) is 9.71. The first kappa shape index (κ1) is 18.3. The predicted molar refractivity (Wildman–Crippen MR) is 110 cm³/mol. The molecular weight excluding hydrogens is 338 g/mol. The fourth-order valence-corrected chi connectivity index (χ4v) is 3.51. The number of benzene rings is 3. The minimum Gasteiger partial charge on any atom is -0.348 e. The fraction of sp³-hybridized carbons (Fsp3) is 0.174. The number of nitrogens with one attached hydrogen (secondary N) is 1. The van der Waals surface area contributed by atoms with Crippen molar-refractivity contribution < 1.29 is 4.79 Å². The minimum absolute atomic E-state index is 0.0377. The Bertz CT molecular complexity index is 869. The molecule has 3 heteroatoms. The number of carbonyl (C=O) groups excluding carboxylic acids is 1. The molecule has 0 atom stereocenters. The van der Waals surface area contributed by atoms with E-state index in [2.05, 4.69) is 55.6 Å². The molecule has 0 bridgehead atoms. The van der Waals surface area contributed by atoms with Crippen molar-refractivity contribution in [2.24, 2.45) is 0 Å². The third-order valence-corrected chi connectivity index (χ3v) is 5.26. The van der Waals surface area contributed by atoms with Crippen LogP contribution in [-0.2, 0) is 12.3 Å². The van der Waals surface area contributed by atoms with Crippen LogP contribution in [0.25, 0.3) is 0 Å². The van der Waals surface area contributed by atoms with Crippen molar-refractivity contribution in [3.8, 4) is 0 Å². The molecule has 0 aliphatic carbocycles. The quantitative estimate of drug-likeness (QED) is 0.585. The van der Waals surface area contributed by atoms with Crippen molar-refractivity contribution in [2.75, 3.05) is 0 Å². The first-order valence-electron chi connectivity index (χ1n) is 8.72. The minimum atomic E-state index is -0.0377. The van der Waals surface area contributed by atoms with Crippen LogP contribution in [0.1, 0.15) is 32.6 Å². The van der Waals surface area contributed by atoms with Gasteiger partial charge in [-0.2, -0.15) is 0 Å². The lowest BCUT2D eigenvalue weighted by Gasteiger charge is -2.07. The van der Waals surface area contributed by atoms with E-state index >= 15 is 0 Å². The molecule has 0 saturated heterocycles. The largest absolute Gasteiger partial charge is 0.348 e. The van der Waals surface area contributed by atoms with Crippen LogP contribution in [0.2, 0.25) is 0 Å². The second-order valence-electron chi connectivity index (χ2n) is 6.47. The second-order valence-corrected chi connectivity index (χ2v) is 7.52. The van der Waals surface area contributed by atoms with Crippen LogP contribution in [0.3, 0.4) is 0 Å². The van der Waals surface area contributed by atoms with Gasteiger partial charge in [0.15, 0.2) is 0 Å². The van der Waals surface area contributed by atoms with Gasteiger partial charge in [0.05, 0.1) is 0 Å². The summed E-state index contributed by atoms with van der Waals surface area (Å²) < 4.78 is 0. The monoisotopic (exact) mass is 361 g/mol. The first-order chi connectivity index (χ1) is 12.6. The lowest BCUT2D eigenvalue weighted by atomic mass is 10.1. The molecule has 3 aromatic carbocycles. The van der Waals surface area contributed by atoms with Crippen LogP contribution < -0.4 is 5.32 Å². The molecule has 2 nitrogen and oxygen atoms in total. The Balaban J connectivity index is 1.53. The van der Waals surface area contributed by atoms with Gasteiger partial charge < -0.3 is 5.32 Å². The Morgan fingerprint density at radius 1 is 0.846 bits per heavy atom. The van der Waals surface area contributed by atoms with E-state index in [-0.39, 0.29) is 5.91 Å². The average Bonchev–Trinajstić information content (AvgIpc) is 2.66. The third-order valence-electron chi connectivity index (χ3n) is 4.18. The second kappa shape index (κ2) is 8.72. The maximum atomic E-state index is 12.3. The van der Waals surface area contributed by atoms with Crippen LogP contribution in [0, 0.1) is 13.8 Å². The van der Waals surface area contributed by atoms with Gasteiger partial charge in [-0.25, -0.2) is 0 Å². The highest BCUT2D eigenvalue weighted by Gasteiger charge is 2.05. The molecule has 3 rings (SSSR count). The Kier molecular flexibility index (Phi) is 6.13. The maximum absolute atomic E-state index is 12.3. The fourth-order valence-electron chi connectivity index (χ4n) is 2.66. The van der Waals surface area contributed by atoms with Gasteiger partial charge in [0.2, 0.25) is 0 Å². The number of amides is 1. The van der Waals surface area contributed by atoms with Crippen molar-refractivity contribution >= 4 is 17.7 Å². The predicted octanol–water partition coefficient (Wildman–Crippen LogP) is 5.53. The van der Waals surface area contributed by atoms with Crippen LogP contribution in [0.4, 0.5) is 0 Å². The number of rotatable bonds is 6. The van der Waals surface area contributed by atoms with E-state index in [1.165, 1.54) is 21.6 Å². The third kappa shape index (κ3) is 5.24. The van der Waals surface area contributed by atoms with Gasteiger partial charge in [-0.1, -0.05) is 59.7 Å². The maximum Gasteiger partial charge on any atom is 0.251 e. The summed E-state index contributed by atoms with van der Waals surface area (Å²) >= 11 is 1.80. The lowest BCUT2D eigenvalue weighted by Crippen LogP contribution is -2.22. The highest BCUT2D eigenvalue weighted by atomic mass is 32.2. The Hall–Kier alpha value is -2.52. The van der Waals surface area contributed by atoms with E-state index in [1.807, 2.05) is 36.4 Å². The molecule has 1 N–H and O–H groups in total. The smallest absolute Gasteiger partial charge is 0.251 e. The molecule has 0 radical (unpaired) electrons. The number of hydrogen-bond donors (Lipinski definition) is 1. The molecule has 132 valence electrons. The summed E-state index contributed by atoms with van der Waals surface area (Å²) in [5.74, 6) is 0.859. The molecule has 0 aliphatic rings. The van der Waals surface area contributed by atoms with E-state index in [4.69, 9.17) is 0 Å². The normalized spacial score (nSPS) is 10.5. The summed E-state index contributed by atoms with van der Waals surface area (Å²) in [5, 5.41) is 2.98. The van der Waals surface area contributed by atoms with Gasteiger partial charge in [-0.3, -0.25) is 4.79 Å². The van der Waals surface area contributed by atoms with Crippen molar-refractivity contribution in [1.82, 2.24) is 5.32 Å². The zero-order chi connectivity index (χ0) is 18.4. The van der Waals surface area contributed by atoms with Crippen molar-refractivity contribution in [3.63, 3.8) is 0 Å². The molecule has 1 amide bonds. The zero-order valence-electron chi connectivity index (χ0n) is 15.2. The number of hydrogen-bond acceptors (Lipinski definition) is 2. The lowest BCUT2D eigenvalue weighted by molar-refractivity contribution is 0.0951. The van der Waals surface area contributed by atoms with Crippen molar-refractivity contribution in [3.05, 3.63) is 101 Å². The molecule has 3 aromatic rings. The summed E-state index contributed by atoms with van der Waals surface area (Å²) in [6, 6.07) is 24.6. The van der Waals surface area contributed by atoms with E-state index in [0.29, 0.717) is 12.1 Å². The molecule has 0 aliphatic heterocycles. The molecule has 0 saturated carbocycles. The summed E-state index contributed by atoms with van der Waals surface area (Å²) in [6.07, 6.45) is 0. The summed E-state index contributed by atoms with van der Waals surface area (Å²) in [6.45, 7) is 4.70. The van der Waals surface area contributed by atoms with Crippen LogP contribution in [0.5, 0.6) is 0 Å². The summed E-state index contributed by atoms with van der Waals surface area (Å²) in [4.78, 5) is 13.6. The standard InChI is InChI=1S/C23H23NOS/c1-17-6-12-22(13-7-17)26-16-19-8-10-21(11-9-19)23(25)24-15-20-5-3-4-18(2)14-20/h3-14H,15-16H2,1-2H3,(H,24,25). The van der Waals surface area contributed by atoms with Gasteiger partial charge >= 0.3 is 0 Å². The van der Waals surface area contributed by atoms with Gasteiger partial charge in [0.1, 0.15) is 0 Å². The van der Waals surface area contributed by atoms with E-state index < -0.39 is 0 Å². The molecule has 26 heavy (non-hydrogen) atoms. The zero-order valence-corrected chi connectivity index (χ0v) is 16.0. The van der Waals surface area contributed by atoms with Crippen LogP contribution in [-0.4, -0.2) is 5.91 Å².